The molecule has 0 aliphatic carbocycles. The first kappa shape index (κ1) is 19.3. The second-order valence-corrected chi connectivity index (χ2v) is 7.93. The van der Waals surface area contributed by atoms with Crippen LogP contribution in [0.15, 0.2) is 67.0 Å². The van der Waals surface area contributed by atoms with E-state index in [2.05, 4.69) is 54.4 Å². The van der Waals surface area contributed by atoms with Crippen LogP contribution in [0.3, 0.4) is 0 Å². The number of aromatic nitrogens is 2. The van der Waals surface area contributed by atoms with Gasteiger partial charge in [0.05, 0.1) is 6.42 Å². The summed E-state index contributed by atoms with van der Waals surface area (Å²) in [4.78, 5) is 23.8. The quantitative estimate of drug-likeness (QED) is 0.657. The van der Waals surface area contributed by atoms with Crippen molar-refractivity contribution < 1.29 is 4.79 Å². The standard InChI is InChI=1S/C25H27N3O/c1-19-5-2-6-21(15-19)16-23-8-3-9-24(27-23)22-7-4-14-28(18-22)25(29)17-20-10-12-26-13-11-20/h2-3,5-6,8-13,15,22H,4,7,14,16-18H2,1H3. The molecule has 1 saturated heterocycles. The molecule has 0 saturated carbocycles. The van der Waals surface area contributed by atoms with E-state index in [1.54, 1.807) is 12.4 Å². The fourth-order valence-corrected chi connectivity index (χ4v) is 4.09. The summed E-state index contributed by atoms with van der Waals surface area (Å²) in [5.41, 5.74) is 5.78. The Morgan fingerprint density at radius 1 is 1.07 bits per heavy atom. The van der Waals surface area contributed by atoms with E-state index in [0.717, 1.165) is 49.3 Å². The minimum atomic E-state index is 0.191. The molecule has 1 atom stereocenters. The van der Waals surface area contributed by atoms with Gasteiger partial charge < -0.3 is 4.90 Å². The zero-order valence-electron chi connectivity index (χ0n) is 16.9. The molecule has 1 aliphatic rings. The number of nitrogens with zero attached hydrogens (tertiary/aromatic N) is 3. The molecular formula is C25H27N3O. The number of rotatable bonds is 5. The minimum Gasteiger partial charge on any atom is -0.342 e. The molecule has 4 rings (SSSR count). The monoisotopic (exact) mass is 385 g/mol. The zero-order valence-corrected chi connectivity index (χ0v) is 16.9. The van der Waals surface area contributed by atoms with E-state index >= 15 is 0 Å². The summed E-state index contributed by atoms with van der Waals surface area (Å²) in [7, 11) is 0. The Morgan fingerprint density at radius 3 is 2.72 bits per heavy atom. The van der Waals surface area contributed by atoms with Crippen molar-refractivity contribution in [2.75, 3.05) is 13.1 Å². The van der Waals surface area contributed by atoms with Crippen molar-refractivity contribution >= 4 is 5.91 Å². The van der Waals surface area contributed by atoms with Gasteiger partial charge >= 0.3 is 0 Å². The van der Waals surface area contributed by atoms with Gasteiger partial charge in [0, 0.05) is 49.2 Å². The topological polar surface area (TPSA) is 46.1 Å². The molecule has 4 nitrogen and oxygen atoms in total. The average Bonchev–Trinajstić information content (AvgIpc) is 2.75. The summed E-state index contributed by atoms with van der Waals surface area (Å²) in [6.45, 7) is 3.71. The molecule has 1 amide bonds. The van der Waals surface area contributed by atoms with Crippen LogP contribution in [-0.2, 0) is 17.6 Å². The average molecular weight is 386 g/mol. The second kappa shape index (κ2) is 8.99. The maximum absolute atomic E-state index is 12.8. The summed E-state index contributed by atoms with van der Waals surface area (Å²) in [5, 5.41) is 0. The highest BCUT2D eigenvalue weighted by molar-refractivity contribution is 5.78. The first-order chi connectivity index (χ1) is 14.2. The van der Waals surface area contributed by atoms with Crippen LogP contribution in [0.1, 0.15) is 46.8 Å². The molecule has 0 bridgehead atoms. The Labute approximate surface area is 172 Å². The number of hydrogen-bond acceptors (Lipinski definition) is 3. The molecule has 2 aromatic heterocycles. The molecule has 1 aromatic carbocycles. The third kappa shape index (κ3) is 5.08. The van der Waals surface area contributed by atoms with E-state index in [-0.39, 0.29) is 5.91 Å². The van der Waals surface area contributed by atoms with Crippen molar-refractivity contribution in [1.29, 1.82) is 0 Å². The van der Waals surface area contributed by atoms with Crippen LogP contribution >= 0.6 is 0 Å². The lowest BCUT2D eigenvalue weighted by molar-refractivity contribution is -0.131. The van der Waals surface area contributed by atoms with Gasteiger partial charge in [-0.15, -0.1) is 0 Å². The number of pyridine rings is 2. The summed E-state index contributed by atoms with van der Waals surface area (Å²) in [6, 6.07) is 18.7. The number of carbonyl (C=O) groups excluding carboxylic acids is 1. The van der Waals surface area contributed by atoms with Crippen molar-refractivity contribution in [1.82, 2.24) is 14.9 Å². The van der Waals surface area contributed by atoms with Crippen LogP contribution in [-0.4, -0.2) is 33.9 Å². The number of benzene rings is 1. The number of aryl methyl sites for hydroxylation is 1. The van der Waals surface area contributed by atoms with E-state index < -0.39 is 0 Å². The fourth-order valence-electron chi connectivity index (χ4n) is 4.09. The molecule has 3 heterocycles. The highest BCUT2D eigenvalue weighted by Gasteiger charge is 2.25. The Morgan fingerprint density at radius 2 is 1.90 bits per heavy atom. The van der Waals surface area contributed by atoms with Gasteiger partial charge in [-0.2, -0.15) is 0 Å². The maximum atomic E-state index is 12.8. The van der Waals surface area contributed by atoms with Gasteiger partial charge in [-0.1, -0.05) is 35.9 Å². The fraction of sp³-hybridized carbons (Fsp3) is 0.320. The molecule has 3 aromatic rings. The Bertz CT molecular complexity index is 971. The third-order valence-corrected chi connectivity index (χ3v) is 5.59. The highest BCUT2D eigenvalue weighted by Crippen LogP contribution is 2.26. The lowest BCUT2D eigenvalue weighted by Crippen LogP contribution is -2.40. The summed E-state index contributed by atoms with van der Waals surface area (Å²) in [6.07, 6.45) is 6.87. The lowest BCUT2D eigenvalue weighted by Gasteiger charge is -2.32. The van der Waals surface area contributed by atoms with Crippen LogP contribution < -0.4 is 0 Å². The van der Waals surface area contributed by atoms with Gasteiger partial charge in [-0.25, -0.2) is 0 Å². The first-order valence-electron chi connectivity index (χ1n) is 10.4. The van der Waals surface area contributed by atoms with Crippen LogP contribution in [0.2, 0.25) is 0 Å². The van der Waals surface area contributed by atoms with Gasteiger partial charge in [0.15, 0.2) is 0 Å². The number of amides is 1. The highest BCUT2D eigenvalue weighted by atomic mass is 16.2. The number of piperidine rings is 1. The van der Waals surface area contributed by atoms with Crippen LogP contribution in [0.5, 0.6) is 0 Å². The molecule has 4 heteroatoms. The molecule has 0 radical (unpaired) electrons. The van der Waals surface area contributed by atoms with Crippen LogP contribution in [0.4, 0.5) is 0 Å². The smallest absolute Gasteiger partial charge is 0.227 e. The van der Waals surface area contributed by atoms with Gasteiger partial charge in [-0.05, 0) is 55.2 Å². The molecule has 148 valence electrons. The Balaban J connectivity index is 1.43. The van der Waals surface area contributed by atoms with Crippen LogP contribution in [0, 0.1) is 6.92 Å². The predicted molar refractivity (Wildman–Crippen MR) is 115 cm³/mol. The Kier molecular flexibility index (Phi) is 5.99. The molecule has 0 N–H and O–H groups in total. The zero-order chi connectivity index (χ0) is 20.1. The molecule has 29 heavy (non-hydrogen) atoms. The van der Waals surface area contributed by atoms with Gasteiger partial charge in [0.1, 0.15) is 0 Å². The molecule has 1 unspecified atom stereocenters. The van der Waals surface area contributed by atoms with Crippen molar-refractivity contribution in [3.05, 3.63) is 95.1 Å². The molecule has 1 aliphatic heterocycles. The van der Waals surface area contributed by atoms with Gasteiger partial charge in [-0.3, -0.25) is 14.8 Å². The normalized spacial score (nSPS) is 16.6. The first-order valence-corrected chi connectivity index (χ1v) is 10.4. The van der Waals surface area contributed by atoms with Gasteiger partial charge in [0.2, 0.25) is 5.91 Å². The third-order valence-electron chi connectivity index (χ3n) is 5.59. The lowest BCUT2D eigenvalue weighted by atomic mass is 9.93. The van der Waals surface area contributed by atoms with E-state index in [1.165, 1.54) is 11.1 Å². The number of carbonyl (C=O) groups is 1. The molecule has 0 spiro atoms. The van der Waals surface area contributed by atoms with Gasteiger partial charge in [0.25, 0.3) is 0 Å². The largest absolute Gasteiger partial charge is 0.342 e. The number of hydrogen-bond donors (Lipinski definition) is 0. The van der Waals surface area contributed by atoms with E-state index in [1.807, 2.05) is 17.0 Å². The Hall–Kier alpha value is -3.01. The molecular weight excluding hydrogens is 358 g/mol. The minimum absolute atomic E-state index is 0.191. The molecule has 1 fully saturated rings. The van der Waals surface area contributed by atoms with Crippen LogP contribution in [0.25, 0.3) is 0 Å². The summed E-state index contributed by atoms with van der Waals surface area (Å²) >= 11 is 0. The second-order valence-electron chi connectivity index (χ2n) is 7.93. The predicted octanol–water partition coefficient (Wildman–Crippen LogP) is 4.32. The van der Waals surface area contributed by atoms with E-state index in [9.17, 15) is 4.79 Å². The SMILES string of the molecule is Cc1cccc(Cc2cccc(C3CCCN(C(=O)Cc4ccncc4)C3)n2)c1. The summed E-state index contributed by atoms with van der Waals surface area (Å²) in [5.74, 6) is 0.499. The maximum Gasteiger partial charge on any atom is 0.227 e. The van der Waals surface area contributed by atoms with E-state index in [4.69, 9.17) is 4.98 Å². The van der Waals surface area contributed by atoms with E-state index in [0.29, 0.717) is 12.3 Å². The van der Waals surface area contributed by atoms with Crippen molar-refractivity contribution in [3.63, 3.8) is 0 Å². The van der Waals surface area contributed by atoms with Crippen molar-refractivity contribution in [3.8, 4) is 0 Å². The van der Waals surface area contributed by atoms with Crippen molar-refractivity contribution in [2.45, 2.75) is 38.5 Å². The number of likely N-dealkylation sites (tertiary alicyclic amines) is 1. The summed E-state index contributed by atoms with van der Waals surface area (Å²) < 4.78 is 0. The van der Waals surface area contributed by atoms with Crippen molar-refractivity contribution in [2.24, 2.45) is 0 Å².